The fourth-order valence-electron chi connectivity index (χ4n) is 1.50. The fourth-order valence-corrected chi connectivity index (χ4v) is 1.62. The molecule has 0 fully saturated rings. The number of benzene rings is 1. The van der Waals surface area contributed by atoms with Gasteiger partial charge < -0.3 is 4.57 Å². The Balaban J connectivity index is 2.42. The standard InChI is InChI=1S/C12H11ClN2O/c1-8-7-9(3-4-10(8)13)11(16)12-14-5-6-15(12)2/h3-7H,1-2H3. The van der Waals surface area contributed by atoms with Gasteiger partial charge in [-0.05, 0) is 30.7 Å². The van der Waals surface area contributed by atoms with Gasteiger partial charge in [0.05, 0.1) is 0 Å². The topological polar surface area (TPSA) is 34.9 Å². The van der Waals surface area contributed by atoms with Crippen molar-refractivity contribution in [1.82, 2.24) is 9.55 Å². The van der Waals surface area contributed by atoms with E-state index in [1.54, 1.807) is 42.2 Å². The number of aryl methyl sites for hydroxylation is 2. The van der Waals surface area contributed by atoms with E-state index in [9.17, 15) is 4.79 Å². The van der Waals surface area contributed by atoms with Crippen LogP contribution in [0, 0.1) is 6.92 Å². The van der Waals surface area contributed by atoms with Crippen molar-refractivity contribution >= 4 is 17.4 Å². The smallest absolute Gasteiger partial charge is 0.228 e. The molecule has 0 atom stereocenters. The first-order chi connectivity index (χ1) is 7.59. The number of ketones is 1. The summed E-state index contributed by atoms with van der Waals surface area (Å²) >= 11 is 5.91. The highest BCUT2D eigenvalue weighted by Gasteiger charge is 2.13. The van der Waals surface area contributed by atoms with E-state index in [0.717, 1.165) is 5.56 Å². The van der Waals surface area contributed by atoms with Crippen molar-refractivity contribution in [2.24, 2.45) is 7.05 Å². The molecule has 1 aromatic carbocycles. The second-order valence-electron chi connectivity index (χ2n) is 3.65. The molecule has 4 heteroatoms. The normalized spacial score (nSPS) is 10.4. The minimum Gasteiger partial charge on any atom is -0.331 e. The van der Waals surface area contributed by atoms with E-state index in [1.165, 1.54) is 0 Å². The van der Waals surface area contributed by atoms with E-state index < -0.39 is 0 Å². The van der Waals surface area contributed by atoms with Gasteiger partial charge in [-0.15, -0.1) is 0 Å². The number of hydrogen-bond acceptors (Lipinski definition) is 2. The first-order valence-corrected chi connectivity index (χ1v) is 5.25. The second-order valence-corrected chi connectivity index (χ2v) is 4.06. The number of carbonyl (C=O) groups excluding carboxylic acids is 1. The molecule has 3 nitrogen and oxygen atoms in total. The largest absolute Gasteiger partial charge is 0.331 e. The zero-order valence-corrected chi connectivity index (χ0v) is 9.82. The molecular formula is C12H11ClN2O. The van der Waals surface area contributed by atoms with Crippen LogP contribution < -0.4 is 0 Å². The number of aromatic nitrogens is 2. The number of carbonyl (C=O) groups is 1. The van der Waals surface area contributed by atoms with Crippen LogP contribution in [0.3, 0.4) is 0 Å². The molecule has 16 heavy (non-hydrogen) atoms. The fraction of sp³-hybridized carbons (Fsp3) is 0.167. The van der Waals surface area contributed by atoms with Crippen LogP contribution >= 0.6 is 11.6 Å². The van der Waals surface area contributed by atoms with Crippen LogP contribution in [0.5, 0.6) is 0 Å². The highest BCUT2D eigenvalue weighted by atomic mass is 35.5. The van der Waals surface area contributed by atoms with Crippen molar-refractivity contribution in [3.8, 4) is 0 Å². The third-order valence-corrected chi connectivity index (χ3v) is 2.87. The molecule has 0 aliphatic heterocycles. The molecule has 0 saturated carbocycles. The van der Waals surface area contributed by atoms with Crippen LogP contribution in [0.25, 0.3) is 0 Å². The lowest BCUT2D eigenvalue weighted by molar-refractivity contribution is 0.102. The zero-order chi connectivity index (χ0) is 11.7. The molecule has 82 valence electrons. The quantitative estimate of drug-likeness (QED) is 0.749. The monoisotopic (exact) mass is 234 g/mol. The molecule has 0 radical (unpaired) electrons. The third-order valence-electron chi connectivity index (χ3n) is 2.44. The van der Waals surface area contributed by atoms with Gasteiger partial charge in [-0.3, -0.25) is 4.79 Å². The molecule has 2 aromatic rings. The summed E-state index contributed by atoms with van der Waals surface area (Å²) in [7, 11) is 1.79. The van der Waals surface area contributed by atoms with E-state index in [0.29, 0.717) is 16.4 Å². The Hall–Kier alpha value is -1.61. The molecule has 0 saturated heterocycles. The number of rotatable bonds is 2. The molecule has 1 aromatic heterocycles. The van der Waals surface area contributed by atoms with Gasteiger partial charge in [-0.25, -0.2) is 4.98 Å². The van der Waals surface area contributed by atoms with Crippen LogP contribution in [0.4, 0.5) is 0 Å². The van der Waals surface area contributed by atoms with Gasteiger partial charge in [-0.1, -0.05) is 11.6 Å². The summed E-state index contributed by atoms with van der Waals surface area (Å²) in [6, 6.07) is 5.22. The molecule has 0 N–H and O–H groups in total. The van der Waals surface area contributed by atoms with Crippen LogP contribution in [0.2, 0.25) is 5.02 Å². The van der Waals surface area contributed by atoms with Crippen LogP contribution in [-0.2, 0) is 7.05 Å². The van der Waals surface area contributed by atoms with Crippen LogP contribution in [0.15, 0.2) is 30.6 Å². The Labute approximate surface area is 98.7 Å². The summed E-state index contributed by atoms with van der Waals surface area (Å²) in [5.74, 6) is 0.342. The van der Waals surface area contributed by atoms with Crippen molar-refractivity contribution in [3.05, 3.63) is 52.6 Å². The molecule has 0 bridgehead atoms. The Morgan fingerprint density at radius 3 is 2.75 bits per heavy atom. The molecular weight excluding hydrogens is 224 g/mol. The van der Waals surface area contributed by atoms with E-state index in [1.807, 2.05) is 6.92 Å². The molecule has 0 amide bonds. The molecule has 0 aliphatic rings. The minimum absolute atomic E-state index is 0.0905. The maximum absolute atomic E-state index is 12.1. The number of halogens is 1. The van der Waals surface area contributed by atoms with Crippen molar-refractivity contribution in [2.75, 3.05) is 0 Å². The highest BCUT2D eigenvalue weighted by molar-refractivity contribution is 6.31. The first kappa shape index (κ1) is 10.9. The third kappa shape index (κ3) is 1.86. The molecule has 0 spiro atoms. The van der Waals surface area contributed by atoms with E-state index in [2.05, 4.69) is 4.98 Å². The number of nitrogens with zero attached hydrogens (tertiary/aromatic N) is 2. The Bertz CT molecular complexity index is 546. The predicted molar refractivity (Wildman–Crippen MR) is 62.8 cm³/mol. The van der Waals surface area contributed by atoms with Gasteiger partial charge in [0.25, 0.3) is 0 Å². The Morgan fingerprint density at radius 1 is 1.44 bits per heavy atom. The first-order valence-electron chi connectivity index (χ1n) is 4.88. The lowest BCUT2D eigenvalue weighted by Gasteiger charge is -2.03. The van der Waals surface area contributed by atoms with E-state index >= 15 is 0 Å². The maximum Gasteiger partial charge on any atom is 0.228 e. The van der Waals surface area contributed by atoms with Gasteiger partial charge in [0.1, 0.15) is 0 Å². The van der Waals surface area contributed by atoms with Crippen molar-refractivity contribution in [2.45, 2.75) is 6.92 Å². The lowest BCUT2D eigenvalue weighted by Crippen LogP contribution is -2.08. The Kier molecular flexibility index (Phi) is 2.79. The lowest BCUT2D eigenvalue weighted by atomic mass is 10.1. The highest BCUT2D eigenvalue weighted by Crippen LogP contribution is 2.18. The zero-order valence-electron chi connectivity index (χ0n) is 9.07. The van der Waals surface area contributed by atoms with Gasteiger partial charge >= 0.3 is 0 Å². The van der Waals surface area contributed by atoms with Crippen molar-refractivity contribution < 1.29 is 4.79 Å². The van der Waals surface area contributed by atoms with Gasteiger partial charge in [-0.2, -0.15) is 0 Å². The van der Waals surface area contributed by atoms with Crippen LogP contribution in [-0.4, -0.2) is 15.3 Å². The average molecular weight is 235 g/mol. The molecule has 0 unspecified atom stereocenters. The summed E-state index contributed by atoms with van der Waals surface area (Å²) in [5.41, 5.74) is 1.50. The summed E-state index contributed by atoms with van der Waals surface area (Å²) in [6.07, 6.45) is 3.35. The van der Waals surface area contributed by atoms with E-state index in [-0.39, 0.29) is 5.78 Å². The maximum atomic E-state index is 12.1. The van der Waals surface area contributed by atoms with Crippen molar-refractivity contribution in [3.63, 3.8) is 0 Å². The Morgan fingerprint density at radius 2 is 2.19 bits per heavy atom. The van der Waals surface area contributed by atoms with E-state index in [4.69, 9.17) is 11.6 Å². The summed E-state index contributed by atoms with van der Waals surface area (Å²) < 4.78 is 1.70. The average Bonchev–Trinajstić information content (AvgIpc) is 2.67. The molecule has 0 aliphatic carbocycles. The minimum atomic E-state index is -0.0905. The van der Waals surface area contributed by atoms with Gasteiger partial charge in [0.2, 0.25) is 5.78 Å². The summed E-state index contributed by atoms with van der Waals surface area (Å²) in [4.78, 5) is 16.1. The second kappa shape index (κ2) is 4.10. The van der Waals surface area contributed by atoms with Crippen LogP contribution in [0.1, 0.15) is 21.7 Å². The number of imidazole rings is 1. The predicted octanol–water partition coefficient (Wildman–Crippen LogP) is 2.61. The summed E-state index contributed by atoms with van der Waals surface area (Å²) in [6.45, 7) is 1.87. The van der Waals surface area contributed by atoms with Gasteiger partial charge in [0, 0.05) is 30.0 Å². The SMILES string of the molecule is Cc1cc(C(=O)c2nccn2C)ccc1Cl. The number of hydrogen-bond donors (Lipinski definition) is 0. The van der Waals surface area contributed by atoms with Crippen molar-refractivity contribution in [1.29, 1.82) is 0 Å². The molecule has 1 heterocycles. The van der Waals surface area contributed by atoms with Gasteiger partial charge in [0.15, 0.2) is 5.82 Å². The summed E-state index contributed by atoms with van der Waals surface area (Å²) in [5, 5.41) is 0.663. The molecule has 2 rings (SSSR count).